The van der Waals surface area contributed by atoms with Crippen LogP contribution in [-0.2, 0) is 6.42 Å². The highest BCUT2D eigenvalue weighted by molar-refractivity contribution is 5.22. The van der Waals surface area contributed by atoms with Gasteiger partial charge in [0.05, 0.1) is 0 Å². The summed E-state index contributed by atoms with van der Waals surface area (Å²) < 4.78 is 5.92. The van der Waals surface area contributed by atoms with Crippen molar-refractivity contribution in [2.24, 2.45) is 23.7 Å². The van der Waals surface area contributed by atoms with Crippen molar-refractivity contribution in [3.05, 3.63) is 11.8 Å². The van der Waals surface area contributed by atoms with E-state index in [0.29, 0.717) is 5.92 Å². The Bertz CT molecular complexity index is 456. The van der Waals surface area contributed by atoms with Gasteiger partial charge in [0.25, 0.3) is 0 Å². The number of hydrogen-bond donors (Lipinski definition) is 1. The van der Waals surface area contributed by atoms with Gasteiger partial charge in [0.2, 0.25) is 11.8 Å². The van der Waals surface area contributed by atoms with Crippen molar-refractivity contribution in [2.75, 3.05) is 13.1 Å². The van der Waals surface area contributed by atoms with E-state index in [4.69, 9.17) is 4.42 Å². The molecule has 0 aromatic carbocycles. The zero-order valence-corrected chi connectivity index (χ0v) is 12.3. The molecule has 0 amide bonds. The van der Waals surface area contributed by atoms with E-state index in [1.165, 1.54) is 25.7 Å². The Morgan fingerprint density at radius 2 is 1.95 bits per heavy atom. The molecule has 1 heterocycles. The van der Waals surface area contributed by atoms with Crippen LogP contribution in [0.1, 0.15) is 56.7 Å². The molecule has 4 atom stereocenters. The SMILES string of the molecule is CCCNCCCc1nnc(C2C3C4CCC(C4)C23)o1. The summed E-state index contributed by atoms with van der Waals surface area (Å²) in [4.78, 5) is 0. The molecule has 20 heavy (non-hydrogen) atoms. The highest BCUT2D eigenvalue weighted by atomic mass is 16.4. The fraction of sp³-hybridized carbons (Fsp3) is 0.875. The standard InChI is InChI=1S/C16H25N3O/c1-2-7-17-8-3-4-12-18-19-16(20-12)15-13-10-5-6-11(9-10)14(13)15/h10-11,13-15,17H,2-9H2,1H3. The predicted octanol–water partition coefficient (Wildman–Crippen LogP) is 2.76. The van der Waals surface area contributed by atoms with Crippen molar-refractivity contribution >= 4 is 0 Å². The van der Waals surface area contributed by atoms with E-state index in [9.17, 15) is 0 Å². The molecule has 2 bridgehead atoms. The van der Waals surface area contributed by atoms with E-state index >= 15 is 0 Å². The topological polar surface area (TPSA) is 51.0 Å². The molecule has 1 aromatic heterocycles. The Hall–Kier alpha value is -0.900. The van der Waals surface area contributed by atoms with Crippen LogP contribution in [0.25, 0.3) is 0 Å². The third-order valence-electron chi connectivity index (χ3n) is 5.67. The van der Waals surface area contributed by atoms with Crippen LogP contribution < -0.4 is 5.32 Å². The molecule has 0 aliphatic heterocycles. The van der Waals surface area contributed by atoms with Crippen LogP contribution in [0, 0.1) is 23.7 Å². The minimum Gasteiger partial charge on any atom is -0.425 e. The van der Waals surface area contributed by atoms with Gasteiger partial charge < -0.3 is 9.73 Å². The molecule has 3 saturated carbocycles. The first kappa shape index (κ1) is 12.8. The van der Waals surface area contributed by atoms with Crippen LogP contribution in [0.2, 0.25) is 0 Å². The Morgan fingerprint density at radius 3 is 2.70 bits per heavy atom. The number of rotatable bonds is 7. The maximum absolute atomic E-state index is 5.92. The second-order valence-electron chi connectivity index (χ2n) is 6.90. The summed E-state index contributed by atoms with van der Waals surface area (Å²) in [6.45, 7) is 4.34. The molecule has 3 fully saturated rings. The molecular weight excluding hydrogens is 250 g/mol. The smallest absolute Gasteiger partial charge is 0.220 e. The molecule has 0 radical (unpaired) electrons. The number of aryl methyl sites for hydroxylation is 1. The van der Waals surface area contributed by atoms with Gasteiger partial charge in [-0.2, -0.15) is 0 Å². The van der Waals surface area contributed by atoms with E-state index in [-0.39, 0.29) is 0 Å². The lowest BCUT2D eigenvalue weighted by Gasteiger charge is -2.04. The number of nitrogens with one attached hydrogen (secondary N) is 1. The first-order valence-electron chi connectivity index (χ1n) is 8.41. The molecule has 0 spiro atoms. The van der Waals surface area contributed by atoms with Crippen LogP contribution in [0.15, 0.2) is 4.42 Å². The molecule has 4 rings (SSSR count). The number of nitrogens with zero attached hydrogens (tertiary/aromatic N) is 2. The molecule has 3 aliphatic carbocycles. The highest BCUT2D eigenvalue weighted by Gasteiger charge is 2.67. The molecule has 4 unspecified atom stereocenters. The zero-order valence-electron chi connectivity index (χ0n) is 12.3. The summed E-state index contributed by atoms with van der Waals surface area (Å²) in [5.74, 6) is 6.16. The molecule has 110 valence electrons. The summed E-state index contributed by atoms with van der Waals surface area (Å²) in [7, 11) is 0. The second kappa shape index (κ2) is 5.14. The minimum atomic E-state index is 0.626. The molecule has 4 heteroatoms. The van der Waals surface area contributed by atoms with E-state index in [1.807, 2.05) is 0 Å². The Labute approximate surface area is 120 Å². The predicted molar refractivity (Wildman–Crippen MR) is 76.3 cm³/mol. The van der Waals surface area contributed by atoms with Crippen molar-refractivity contribution in [3.63, 3.8) is 0 Å². The lowest BCUT2D eigenvalue weighted by atomic mass is 10.0. The third kappa shape index (κ3) is 2.09. The summed E-state index contributed by atoms with van der Waals surface area (Å²) >= 11 is 0. The first-order chi connectivity index (χ1) is 9.88. The molecule has 1 N–H and O–H groups in total. The third-order valence-corrected chi connectivity index (χ3v) is 5.67. The number of fused-ring (bicyclic) bond motifs is 5. The van der Waals surface area contributed by atoms with Crippen LogP contribution in [0.5, 0.6) is 0 Å². The molecule has 4 nitrogen and oxygen atoms in total. The zero-order chi connectivity index (χ0) is 13.5. The fourth-order valence-corrected chi connectivity index (χ4v) is 4.82. The van der Waals surface area contributed by atoms with E-state index in [2.05, 4.69) is 22.4 Å². The van der Waals surface area contributed by atoms with Gasteiger partial charge in [-0.3, -0.25) is 0 Å². The average Bonchev–Trinajstić information content (AvgIpc) is 2.87. The van der Waals surface area contributed by atoms with E-state index in [1.54, 1.807) is 0 Å². The monoisotopic (exact) mass is 275 g/mol. The van der Waals surface area contributed by atoms with Crippen molar-refractivity contribution in [1.82, 2.24) is 15.5 Å². The second-order valence-corrected chi connectivity index (χ2v) is 6.90. The summed E-state index contributed by atoms with van der Waals surface area (Å²) in [5, 5.41) is 12.0. The largest absolute Gasteiger partial charge is 0.425 e. The lowest BCUT2D eigenvalue weighted by molar-refractivity contribution is 0.406. The first-order valence-corrected chi connectivity index (χ1v) is 8.41. The highest BCUT2D eigenvalue weighted by Crippen LogP contribution is 2.72. The fourth-order valence-electron chi connectivity index (χ4n) is 4.82. The van der Waals surface area contributed by atoms with Gasteiger partial charge in [-0.15, -0.1) is 10.2 Å². The molecular formula is C16H25N3O. The Morgan fingerprint density at radius 1 is 1.15 bits per heavy atom. The van der Waals surface area contributed by atoms with Gasteiger partial charge in [0.15, 0.2) is 0 Å². The van der Waals surface area contributed by atoms with Crippen LogP contribution in [0.4, 0.5) is 0 Å². The van der Waals surface area contributed by atoms with Gasteiger partial charge in [-0.05, 0) is 68.9 Å². The van der Waals surface area contributed by atoms with Gasteiger partial charge in [-0.25, -0.2) is 0 Å². The minimum absolute atomic E-state index is 0.626. The molecule has 0 saturated heterocycles. The van der Waals surface area contributed by atoms with Crippen molar-refractivity contribution in [2.45, 2.75) is 51.4 Å². The normalized spacial score (nSPS) is 37.4. The van der Waals surface area contributed by atoms with Crippen LogP contribution in [-0.4, -0.2) is 23.3 Å². The van der Waals surface area contributed by atoms with Gasteiger partial charge >= 0.3 is 0 Å². The van der Waals surface area contributed by atoms with Crippen molar-refractivity contribution < 1.29 is 4.42 Å². The lowest BCUT2D eigenvalue weighted by Crippen LogP contribution is -2.16. The number of hydrogen-bond acceptors (Lipinski definition) is 4. The average molecular weight is 275 g/mol. The Balaban J connectivity index is 1.29. The van der Waals surface area contributed by atoms with Crippen molar-refractivity contribution in [1.29, 1.82) is 0 Å². The van der Waals surface area contributed by atoms with Crippen molar-refractivity contribution in [3.8, 4) is 0 Å². The van der Waals surface area contributed by atoms with E-state index < -0.39 is 0 Å². The maximum atomic E-state index is 5.92. The van der Waals surface area contributed by atoms with Gasteiger partial charge in [-0.1, -0.05) is 6.92 Å². The quantitative estimate of drug-likeness (QED) is 0.777. The summed E-state index contributed by atoms with van der Waals surface area (Å²) in [6.07, 6.45) is 7.58. The van der Waals surface area contributed by atoms with Crippen LogP contribution >= 0.6 is 0 Å². The molecule has 3 aliphatic rings. The maximum Gasteiger partial charge on any atom is 0.220 e. The van der Waals surface area contributed by atoms with Crippen LogP contribution in [0.3, 0.4) is 0 Å². The Kier molecular flexibility index (Phi) is 3.29. The van der Waals surface area contributed by atoms with Gasteiger partial charge in [0, 0.05) is 12.3 Å². The number of aromatic nitrogens is 2. The van der Waals surface area contributed by atoms with E-state index in [0.717, 1.165) is 61.4 Å². The summed E-state index contributed by atoms with van der Waals surface area (Å²) in [5.41, 5.74) is 0. The summed E-state index contributed by atoms with van der Waals surface area (Å²) in [6, 6.07) is 0. The molecule has 1 aromatic rings. The van der Waals surface area contributed by atoms with Gasteiger partial charge in [0.1, 0.15) is 0 Å².